The zero-order chi connectivity index (χ0) is 17.2. The lowest BCUT2D eigenvalue weighted by atomic mass is 10.1. The lowest BCUT2D eigenvalue weighted by Crippen LogP contribution is -2.49. The third-order valence-electron chi connectivity index (χ3n) is 5.05. The van der Waals surface area contributed by atoms with Gasteiger partial charge in [0.25, 0.3) is 0 Å². The molecule has 25 heavy (non-hydrogen) atoms. The van der Waals surface area contributed by atoms with Gasteiger partial charge in [-0.1, -0.05) is 42.5 Å². The SMILES string of the molecule is NC1CCN(C(=O)N2CCN(Cc3ccccc3)c3ccccc32)C1. The monoisotopic (exact) mass is 336 g/mol. The van der Waals surface area contributed by atoms with Crippen molar-refractivity contribution in [3.63, 3.8) is 0 Å². The molecular weight excluding hydrogens is 312 g/mol. The smallest absolute Gasteiger partial charge is 0.324 e. The summed E-state index contributed by atoms with van der Waals surface area (Å²) < 4.78 is 0. The number of carbonyl (C=O) groups excluding carboxylic acids is 1. The van der Waals surface area contributed by atoms with Gasteiger partial charge in [0.05, 0.1) is 11.4 Å². The van der Waals surface area contributed by atoms with E-state index in [1.165, 1.54) is 5.56 Å². The molecule has 5 nitrogen and oxygen atoms in total. The van der Waals surface area contributed by atoms with Crippen LogP contribution in [0.3, 0.4) is 0 Å². The maximum absolute atomic E-state index is 13.0. The number of hydrogen-bond donors (Lipinski definition) is 1. The summed E-state index contributed by atoms with van der Waals surface area (Å²) >= 11 is 0. The Bertz CT molecular complexity index is 748. The van der Waals surface area contributed by atoms with Gasteiger partial charge in [0.15, 0.2) is 0 Å². The number of likely N-dealkylation sites (tertiary alicyclic amines) is 1. The fourth-order valence-corrected chi connectivity index (χ4v) is 3.72. The molecule has 5 heteroatoms. The van der Waals surface area contributed by atoms with Crippen molar-refractivity contribution in [3.8, 4) is 0 Å². The van der Waals surface area contributed by atoms with Gasteiger partial charge in [0, 0.05) is 38.8 Å². The topological polar surface area (TPSA) is 52.8 Å². The van der Waals surface area contributed by atoms with E-state index in [1.54, 1.807) is 0 Å². The fraction of sp³-hybridized carbons (Fsp3) is 0.350. The summed E-state index contributed by atoms with van der Waals surface area (Å²) in [6, 6.07) is 18.8. The summed E-state index contributed by atoms with van der Waals surface area (Å²) in [5.41, 5.74) is 9.37. The molecule has 2 aliphatic heterocycles. The molecule has 1 unspecified atom stereocenters. The molecule has 2 aromatic rings. The summed E-state index contributed by atoms with van der Waals surface area (Å²) in [6.45, 7) is 3.80. The maximum atomic E-state index is 13.0. The number of para-hydroxylation sites is 2. The average Bonchev–Trinajstić information content (AvgIpc) is 3.09. The number of fused-ring (bicyclic) bond motifs is 1. The van der Waals surface area contributed by atoms with E-state index in [0.29, 0.717) is 13.1 Å². The van der Waals surface area contributed by atoms with E-state index in [2.05, 4.69) is 35.2 Å². The normalized spacial score (nSPS) is 19.9. The highest BCUT2D eigenvalue weighted by Gasteiger charge is 2.32. The number of amides is 2. The van der Waals surface area contributed by atoms with E-state index in [1.807, 2.05) is 34.1 Å². The molecule has 0 bridgehead atoms. The van der Waals surface area contributed by atoms with E-state index in [4.69, 9.17) is 5.73 Å². The van der Waals surface area contributed by atoms with Crippen molar-refractivity contribution < 1.29 is 4.79 Å². The Hall–Kier alpha value is -2.53. The van der Waals surface area contributed by atoms with E-state index < -0.39 is 0 Å². The molecule has 2 aromatic carbocycles. The Morgan fingerprint density at radius 2 is 1.68 bits per heavy atom. The molecule has 2 aliphatic rings. The van der Waals surface area contributed by atoms with Crippen LogP contribution in [-0.2, 0) is 6.54 Å². The molecule has 0 saturated carbocycles. The van der Waals surface area contributed by atoms with Crippen molar-refractivity contribution in [3.05, 3.63) is 60.2 Å². The number of carbonyl (C=O) groups is 1. The predicted molar refractivity (Wildman–Crippen MR) is 101 cm³/mol. The Morgan fingerprint density at radius 3 is 2.40 bits per heavy atom. The highest BCUT2D eigenvalue weighted by Crippen LogP contribution is 2.34. The molecular formula is C20H24N4O. The minimum atomic E-state index is 0.0831. The largest absolute Gasteiger partial charge is 0.364 e. The van der Waals surface area contributed by atoms with Gasteiger partial charge in [-0.3, -0.25) is 4.90 Å². The summed E-state index contributed by atoms with van der Waals surface area (Å²) in [4.78, 5) is 19.1. The van der Waals surface area contributed by atoms with Gasteiger partial charge < -0.3 is 15.5 Å². The molecule has 1 fully saturated rings. The third-order valence-corrected chi connectivity index (χ3v) is 5.05. The van der Waals surface area contributed by atoms with Crippen LogP contribution in [0.25, 0.3) is 0 Å². The molecule has 0 aromatic heterocycles. The molecule has 0 aliphatic carbocycles. The first kappa shape index (κ1) is 16.0. The first-order valence-corrected chi connectivity index (χ1v) is 8.92. The molecule has 1 atom stereocenters. The van der Waals surface area contributed by atoms with Crippen LogP contribution >= 0.6 is 0 Å². The number of nitrogens with zero attached hydrogens (tertiary/aromatic N) is 3. The Kier molecular flexibility index (Phi) is 4.32. The highest BCUT2D eigenvalue weighted by molar-refractivity contribution is 5.97. The van der Waals surface area contributed by atoms with Crippen molar-refractivity contribution in [1.29, 1.82) is 0 Å². The van der Waals surface area contributed by atoms with E-state index in [9.17, 15) is 4.79 Å². The van der Waals surface area contributed by atoms with Crippen molar-refractivity contribution in [2.75, 3.05) is 36.0 Å². The first-order chi connectivity index (χ1) is 12.2. The lowest BCUT2D eigenvalue weighted by molar-refractivity contribution is 0.214. The first-order valence-electron chi connectivity index (χ1n) is 8.92. The van der Waals surface area contributed by atoms with Crippen LogP contribution in [0, 0.1) is 0 Å². The lowest BCUT2D eigenvalue weighted by Gasteiger charge is -2.39. The van der Waals surface area contributed by atoms with Crippen molar-refractivity contribution in [1.82, 2.24) is 4.90 Å². The fourth-order valence-electron chi connectivity index (χ4n) is 3.72. The number of anilines is 2. The van der Waals surface area contributed by atoms with Gasteiger partial charge in [-0.05, 0) is 24.1 Å². The third kappa shape index (κ3) is 3.20. The van der Waals surface area contributed by atoms with Gasteiger partial charge in [-0.2, -0.15) is 0 Å². The van der Waals surface area contributed by atoms with Gasteiger partial charge >= 0.3 is 6.03 Å². The van der Waals surface area contributed by atoms with Crippen LogP contribution in [0.1, 0.15) is 12.0 Å². The quantitative estimate of drug-likeness (QED) is 0.917. The number of rotatable bonds is 2. The molecule has 2 N–H and O–H groups in total. The van der Waals surface area contributed by atoms with Gasteiger partial charge in [0.2, 0.25) is 0 Å². The van der Waals surface area contributed by atoms with Crippen LogP contribution in [-0.4, -0.2) is 43.2 Å². The van der Waals surface area contributed by atoms with Gasteiger partial charge in [-0.25, -0.2) is 4.79 Å². The number of benzene rings is 2. The Labute approximate surface area is 148 Å². The van der Waals surface area contributed by atoms with Crippen LogP contribution in [0.4, 0.5) is 16.2 Å². The standard InChI is InChI=1S/C20H24N4O/c21-17-10-11-23(15-17)20(25)24-13-12-22(14-16-6-2-1-3-7-16)18-8-4-5-9-19(18)24/h1-9,17H,10-15,21H2. The second kappa shape index (κ2) is 6.76. The van der Waals surface area contributed by atoms with Crippen LogP contribution in [0.15, 0.2) is 54.6 Å². The second-order valence-corrected chi connectivity index (χ2v) is 6.82. The summed E-state index contributed by atoms with van der Waals surface area (Å²) in [7, 11) is 0. The molecule has 2 amide bonds. The van der Waals surface area contributed by atoms with Gasteiger partial charge in [-0.15, -0.1) is 0 Å². The number of nitrogens with two attached hydrogens (primary N) is 1. The van der Waals surface area contributed by atoms with Crippen LogP contribution in [0.5, 0.6) is 0 Å². The molecule has 4 rings (SSSR count). The molecule has 130 valence electrons. The minimum absolute atomic E-state index is 0.0831. The number of hydrogen-bond acceptors (Lipinski definition) is 3. The minimum Gasteiger partial charge on any atom is -0.364 e. The van der Waals surface area contributed by atoms with Crippen LogP contribution < -0.4 is 15.5 Å². The van der Waals surface area contributed by atoms with E-state index in [-0.39, 0.29) is 12.1 Å². The summed E-state index contributed by atoms with van der Waals surface area (Å²) in [6.07, 6.45) is 0.890. The Balaban J connectivity index is 1.57. The molecule has 1 saturated heterocycles. The van der Waals surface area contributed by atoms with Crippen molar-refractivity contribution in [2.24, 2.45) is 5.73 Å². The zero-order valence-corrected chi connectivity index (χ0v) is 14.3. The number of urea groups is 1. The maximum Gasteiger partial charge on any atom is 0.324 e. The summed E-state index contributed by atoms with van der Waals surface area (Å²) in [5, 5.41) is 0. The van der Waals surface area contributed by atoms with Crippen LogP contribution in [0.2, 0.25) is 0 Å². The van der Waals surface area contributed by atoms with E-state index in [0.717, 1.165) is 37.4 Å². The molecule has 2 heterocycles. The van der Waals surface area contributed by atoms with Crippen molar-refractivity contribution >= 4 is 17.4 Å². The second-order valence-electron chi connectivity index (χ2n) is 6.82. The van der Waals surface area contributed by atoms with Gasteiger partial charge in [0.1, 0.15) is 0 Å². The van der Waals surface area contributed by atoms with Crippen molar-refractivity contribution in [2.45, 2.75) is 19.0 Å². The molecule has 0 spiro atoms. The molecule has 0 radical (unpaired) electrons. The average molecular weight is 336 g/mol. The zero-order valence-electron chi connectivity index (χ0n) is 14.3. The predicted octanol–water partition coefficient (Wildman–Crippen LogP) is 2.67. The Morgan fingerprint density at radius 1 is 0.960 bits per heavy atom. The highest BCUT2D eigenvalue weighted by atomic mass is 16.2. The summed E-state index contributed by atoms with van der Waals surface area (Å²) in [5.74, 6) is 0. The van der Waals surface area contributed by atoms with E-state index >= 15 is 0 Å².